The van der Waals surface area contributed by atoms with Gasteiger partial charge in [-0.25, -0.2) is 13.1 Å². The number of piperidine rings is 1. The summed E-state index contributed by atoms with van der Waals surface area (Å²) >= 11 is 0. The van der Waals surface area contributed by atoms with E-state index in [0.29, 0.717) is 17.6 Å². The molecule has 3 rings (SSSR count). The zero-order valence-electron chi connectivity index (χ0n) is 13.9. The molecule has 2 heterocycles. The Morgan fingerprint density at radius 3 is 2.46 bits per heavy atom. The van der Waals surface area contributed by atoms with Gasteiger partial charge in [0.15, 0.2) is 0 Å². The summed E-state index contributed by atoms with van der Waals surface area (Å²) in [5.41, 5.74) is 0.412. The van der Waals surface area contributed by atoms with Crippen LogP contribution in [-0.4, -0.2) is 51.4 Å². The van der Waals surface area contributed by atoms with Crippen molar-refractivity contribution in [1.82, 2.24) is 14.9 Å². The van der Waals surface area contributed by atoms with E-state index in [1.165, 1.54) is 32.0 Å². The molecule has 1 aromatic carbocycles. The first kappa shape index (κ1) is 19.2. The number of nitrogens with one attached hydrogen (secondary N) is 2. The van der Waals surface area contributed by atoms with E-state index in [4.69, 9.17) is 0 Å². The van der Waals surface area contributed by atoms with Gasteiger partial charge in [-0.05, 0) is 50.9 Å². The molecule has 0 aliphatic carbocycles. The molecule has 2 aliphatic rings. The van der Waals surface area contributed by atoms with Gasteiger partial charge in [-0.15, -0.1) is 12.4 Å². The van der Waals surface area contributed by atoms with Gasteiger partial charge in [-0.1, -0.05) is 6.07 Å². The summed E-state index contributed by atoms with van der Waals surface area (Å²) in [6, 6.07) is 7.44. The standard InChI is InChI=1S/C16H23N3O3S.ClH/c1-17-23(21,22)15-5-3-4-11(8-15)16(20)19(2)14-9-12-6-7-13(10-14)18-12;/h3-5,8,12-14,17-18H,6-7,9-10H2,1-2H3;1H. The SMILES string of the molecule is CNS(=O)(=O)c1cccc(C(=O)N(C)C2CC3CCC(C2)N3)c1.Cl. The second-order valence-corrected chi connectivity index (χ2v) is 8.30. The minimum Gasteiger partial charge on any atom is -0.339 e. The normalized spacial score (nSPS) is 25.8. The number of nitrogens with zero attached hydrogens (tertiary/aromatic N) is 1. The summed E-state index contributed by atoms with van der Waals surface area (Å²) in [5, 5.41) is 3.56. The first-order chi connectivity index (χ1) is 10.9. The third-order valence-electron chi connectivity index (χ3n) is 4.98. The quantitative estimate of drug-likeness (QED) is 0.835. The Balaban J connectivity index is 0.00000208. The number of hydrogen-bond donors (Lipinski definition) is 2. The monoisotopic (exact) mass is 373 g/mol. The van der Waals surface area contributed by atoms with Crippen LogP contribution in [0.15, 0.2) is 29.2 Å². The molecule has 24 heavy (non-hydrogen) atoms. The van der Waals surface area contributed by atoms with Crippen LogP contribution in [0.5, 0.6) is 0 Å². The molecule has 8 heteroatoms. The second-order valence-electron chi connectivity index (χ2n) is 6.41. The molecule has 0 spiro atoms. The number of hydrogen-bond acceptors (Lipinski definition) is 4. The zero-order valence-corrected chi connectivity index (χ0v) is 15.5. The lowest BCUT2D eigenvalue weighted by atomic mass is 9.98. The van der Waals surface area contributed by atoms with Gasteiger partial charge in [0.1, 0.15) is 0 Å². The van der Waals surface area contributed by atoms with Crippen LogP contribution in [0.1, 0.15) is 36.0 Å². The van der Waals surface area contributed by atoms with E-state index in [1.807, 2.05) is 7.05 Å². The fourth-order valence-corrected chi connectivity index (χ4v) is 4.40. The summed E-state index contributed by atoms with van der Waals surface area (Å²) in [6.45, 7) is 0. The lowest BCUT2D eigenvalue weighted by Crippen LogP contribution is -2.48. The van der Waals surface area contributed by atoms with Gasteiger partial charge in [0.2, 0.25) is 10.0 Å². The number of carbonyl (C=O) groups excluding carboxylic acids is 1. The molecule has 2 aliphatic heterocycles. The third kappa shape index (κ3) is 3.74. The highest BCUT2D eigenvalue weighted by molar-refractivity contribution is 7.89. The minimum atomic E-state index is -3.54. The van der Waals surface area contributed by atoms with Crippen LogP contribution in [0, 0.1) is 0 Å². The molecule has 2 bridgehead atoms. The fraction of sp³-hybridized carbons (Fsp3) is 0.562. The van der Waals surface area contributed by atoms with Crippen LogP contribution in [0.2, 0.25) is 0 Å². The second kappa shape index (κ2) is 7.39. The molecular formula is C16H24ClN3O3S. The van der Waals surface area contributed by atoms with Crippen molar-refractivity contribution < 1.29 is 13.2 Å². The molecule has 0 saturated carbocycles. The first-order valence-corrected chi connectivity index (χ1v) is 9.46. The first-order valence-electron chi connectivity index (χ1n) is 7.97. The highest BCUT2D eigenvalue weighted by atomic mass is 35.5. The average molecular weight is 374 g/mol. The van der Waals surface area contributed by atoms with E-state index in [1.54, 1.807) is 17.0 Å². The van der Waals surface area contributed by atoms with Crippen LogP contribution in [-0.2, 0) is 10.0 Å². The predicted octanol–water partition coefficient (Wildman–Crippen LogP) is 1.37. The lowest BCUT2D eigenvalue weighted by molar-refractivity contribution is 0.0681. The van der Waals surface area contributed by atoms with E-state index in [9.17, 15) is 13.2 Å². The Morgan fingerprint density at radius 2 is 1.88 bits per heavy atom. The zero-order chi connectivity index (χ0) is 16.6. The van der Waals surface area contributed by atoms with Gasteiger partial charge in [0, 0.05) is 30.7 Å². The maximum atomic E-state index is 12.7. The number of carbonyl (C=O) groups is 1. The maximum Gasteiger partial charge on any atom is 0.253 e. The van der Waals surface area contributed by atoms with Crippen molar-refractivity contribution in [3.63, 3.8) is 0 Å². The van der Waals surface area contributed by atoms with Crippen molar-refractivity contribution in [2.75, 3.05) is 14.1 Å². The maximum absolute atomic E-state index is 12.7. The van der Waals surface area contributed by atoms with Gasteiger partial charge in [-0.2, -0.15) is 0 Å². The number of fused-ring (bicyclic) bond motifs is 2. The van der Waals surface area contributed by atoms with Gasteiger partial charge in [0.25, 0.3) is 5.91 Å². The van der Waals surface area contributed by atoms with Crippen LogP contribution in [0.3, 0.4) is 0 Å². The Bertz CT molecular complexity index is 698. The lowest BCUT2D eigenvalue weighted by Gasteiger charge is -2.35. The molecule has 6 nitrogen and oxygen atoms in total. The average Bonchev–Trinajstić information content (AvgIpc) is 2.91. The highest BCUT2D eigenvalue weighted by Crippen LogP contribution is 2.30. The number of benzene rings is 1. The van der Waals surface area contributed by atoms with E-state index in [-0.39, 0.29) is 29.3 Å². The van der Waals surface area contributed by atoms with Crippen LogP contribution in [0.25, 0.3) is 0 Å². The highest BCUT2D eigenvalue weighted by Gasteiger charge is 2.36. The smallest absolute Gasteiger partial charge is 0.253 e. The number of sulfonamides is 1. The Labute approximate surface area is 149 Å². The van der Waals surface area contributed by atoms with Crippen molar-refractivity contribution in [3.05, 3.63) is 29.8 Å². The molecular weight excluding hydrogens is 350 g/mol. The summed E-state index contributed by atoms with van der Waals surface area (Å²) in [7, 11) is -0.365. The molecule has 2 unspecified atom stereocenters. The molecule has 0 radical (unpaired) electrons. The third-order valence-corrected chi connectivity index (χ3v) is 6.39. The summed E-state index contributed by atoms with van der Waals surface area (Å²) in [6.07, 6.45) is 4.29. The van der Waals surface area contributed by atoms with E-state index >= 15 is 0 Å². The number of halogens is 1. The molecule has 1 amide bonds. The molecule has 2 N–H and O–H groups in total. The topological polar surface area (TPSA) is 78.5 Å². The van der Waals surface area contributed by atoms with Gasteiger partial charge < -0.3 is 10.2 Å². The van der Waals surface area contributed by atoms with Crippen LogP contribution in [0.4, 0.5) is 0 Å². The molecule has 2 atom stereocenters. The van der Waals surface area contributed by atoms with Crippen molar-refractivity contribution >= 4 is 28.3 Å². The minimum absolute atomic E-state index is 0. The Hall–Kier alpha value is -1.15. The van der Waals surface area contributed by atoms with E-state index < -0.39 is 10.0 Å². The van der Waals surface area contributed by atoms with Crippen molar-refractivity contribution in [1.29, 1.82) is 0 Å². The van der Waals surface area contributed by atoms with Gasteiger partial charge in [-0.3, -0.25) is 4.79 Å². The van der Waals surface area contributed by atoms with Crippen molar-refractivity contribution in [2.24, 2.45) is 0 Å². The molecule has 1 aromatic rings. The fourth-order valence-electron chi connectivity index (χ4n) is 3.63. The molecule has 0 aromatic heterocycles. The summed E-state index contributed by atoms with van der Waals surface area (Å²) < 4.78 is 26.1. The van der Waals surface area contributed by atoms with Crippen molar-refractivity contribution in [3.8, 4) is 0 Å². The van der Waals surface area contributed by atoms with E-state index in [0.717, 1.165) is 12.8 Å². The largest absolute Gasteiger partial charge is 0.339 e. The molecule has 2 saturated heterocycles. The van der Waals surface area contributed by atoms with Gasteiger partial charge in [0.05, 0.1) is 4.90 Å². The van der Waals surface area contributed by atoms with Crippen LogP contribution < -0.4 is 10.0 Å². The molecule has 134 valence electrons. The Kier molecular flexibility index (Phi) is 5.91. The van der Waals surface area contributed by atoms with Crippen LogP contribution >= 0.6 is 12.4 Å². The summed E-state index contributed by atoms with van der Waals surface area (Å²) in [5.74, 6) is -0.121. The molecule has 2 fully saturated rings. The van der Waals surface area contributed by atoms with Crippen molar-refractivity contribution in [2.45, 2.75) is 48.7 Å². The summed E-state index contributed by atoms with van der Waals surface area (Å²) in [4.78, 5) is 14.6. The predicted molar refractivity (Wildman–Crippen MR) is 95.0 cm³/mol. The number of amides is 1. The Morgan fingerprint density at radius 1 is 1.25 bits per heavy atom. The van der Waals surface area contributed by atoms with Gasteiger partial charge >= 0.3 is 0 Å². The van der Waals surface area contributed by atoms with E-state index in [2.05, 4.69) is 10.0 Å². The number of rotatable bonds is 4.